The molecule has 0 spiro atoms. The van der Waals surface area contributed by atoms with Gasteiger partial charge in [-0.3, -0.25) is 0 Å². The zero-order chi connectivity index (χ0) is 15.6. The van der Waals surface area contributed by atoms with E-state index in [1.54, 1.807) is 19.1 Å². The number of oxime groups is 1. The standard InChI is InChI=1S/C14H21N3O3S/c1-10(8-14(15)16-18)17(2)21(19,20)13-7-6-11-4-3-5-12(11)9-13/h6-7,9-10,18H,3-5,8H2,1-2H3,(H2,15,16). The van der Waals surface area contributed by atoms with Crippen LogP contribution in [-0.4, -0.2) is 36.9 Å². The quantitative estimate of drug-likeness (QED) is 0.371. The van der Waals surface area contributed by atoms with Crippen LogP contribution in [0.4, 0.5) is 0 Å². The molecule has 1 aromatic carbocycles. The summed E-state index contributed by atoms with van der Waals surface area (Å²) >= 11 is 0. The molecule has 2 rings (SSSR count). The Labute approximate surface area is 125 Å². The first-order chi connectivity index (χ1) is 9.86. The summed E-state index contributed by atoms with van der Waals surface area (Å²) in [6.45, 7) is 1.73. The monoisotopic (exact) mass is 311 g/mol. The van der Waals surface area contributed by atoms with Gasteiger partial charge in [0.25, 0.3) is 0 Å². The molecular weight excluding hydrogens is 290 g/mol. The molecule has 0 aromatic heterocycles. The molecule has 6 nitrogen and oxygen atoms in total. The minimum atomic E-state index is -3.57. The fourth-order valence-electron chi connectivity index (χ4n) is 2.58. The summed E-state index contributed by atoms with van der Waals surface area (Å²) in [6.07, 6.45) is 3.21. The fourth-order valence-corrected chi connectivity index (χ4v) is 4.00. The number of hydrogen-bond donors (Lipinski definition) is 2. The molecule has 0 amide bonds. The molecule has 1 atom stereocenters. The molecule has 0 bridgehead atoms. The number of hydrogen-bond acceptors (Lipinski definition) is 4. The molecule has 3 N–H and O–H groups in total. The van der Waals surface area contributed by atoms with Gasteiger partial charge < -0.3 is 10.9 Å². The highest BCUT2D eigenvalue weighted by molar-refractivity contribution is 7.89. The number of nitrogens with two attached hydrogens (primary N) is 1. The minimum absolute atomic E-state index is 0.0125. The third-order valence-corrected chi connectivity index (χ3v) is 5.97. The number of nitrogens with zero attached hydrogens (tertiary/aromatic N) is 2. The molecule has 1 aliphatic carbocycles. The van der Waals surface area contributed by atoms with E-state index in [2.05, 4.69) is 5.16 Å². The molecule has 0 fully saturated rings. The van der Waals surface area contributed by atoms with E-state index in [-0.39, 0.29) is 18.3 Å². The molecule has 116 valence electrons. The second-order valence-electron chi connectivity index (χ2n) is 5.45. The van der Waals surface area contributed by atoms with Gasteiger partial charge in [0.15, 0.2) is 0 Å². The lowest BCUT2D eigenvalue weighted by Crippen LogP contribution is -2.37. The van der Waals surface area contributed by atoms with Crippen molar-refractivity contribution in [3.63, 3.8) is 0 Å². The third kappa shape index (κ3) is 3.19. The smallest absolute Gasteiger partial charge is 0.243 e. The average molecular weight is 311 g/mol. The third-order valence-electron chi connectivity index (χ3n) is 4.00. The normalized spacial score (nSPS) is 17.0. The number of amidine groups is 1. The van der Waals surface area contributed by atoms with Crippen molar-refractivity contribution in [1.82, 2.24) is 4.31 Å². The van der Waals surface area contributed by atoms with E-state index in [1.807, 2.05) is 6.07 Å². The van der Waals surface area contributed by atoms with Crippen molar-refractivity contribution in [2.75, 3.05) is 7.05 Å². The molecule has 7 heteroatoms. The molecule has 1 unspecified atom stereocenters. The number of rotatable bonds is 5. The van der Waals surface area contributed by atoms with Crippen LogP contribution in [0.1, 0.15) is 30.9 Å². The first-order valence-electron chi connectivity index (χ1n) is 6.92. The molecule has 1 aromatic rings. The Kier molecular flexibility index (Phi) is 4.53. The predicted molar refractivity (Wildman–Crippen MR) is 80.9 cm³/mol. The average Bonchev–Trinajstić information content (AvgIpc) is 2.93. The lowest BCUT2D eigenvalue weighted by molar-refractivity contribution is 0.313. The topological polar surface area (TPSA) is 96.0 Å². The molecule has 21 heavy (non-hydrogen) atoms. The van der Waals surface area contributed by atoms with Crippen LogP contribution in [0.2, 0.25) is 0 Å². The van der Waals surface area contributed by atoms with Gasteiger partial charge in [0.2, 0.25) is 10.0 Å². The summed E-state index contributed by atoms with van der Waals surface area (Å²) < 4.78 is 26.5. The molecule has 0 radical (unpaired) electrons. The lowest BCUT2D eigenvalue weighted by Gasteiger charge is -2.24. The Morgan fingerprint density at radius 1 is 1.43 bits per heavy atom. The van der Waals surface area contributed by atoms with Crippen molar-refractivity contribution in [2.45, 2.75) is 43.5 Å². The van der Waals surface area contributed by atoms with Gasteiger partial charge in [-0.1, -0.05) is 11.2 Å². The lowest BCUT2D eigenvalue weighted by atomic mass is 10.1. The zero-order valence-electron chi connectivity index (χ0n) is 12.3. The van der Waals surface area contributed by atoms with E-state index in [9.17, 15) is 8.42 Å². The predicted octanol–water partition coefficient (Wildman–Crippen LogP) is 1.32. The summed E-state index contributed by atoms with van der Waals surface area (Å²) in [5.41, 5.74) is 7.80. The van der Waals surface area contributed by atoms with E-state index in [0.717, 1.165) is 24.8 Å². The van der Waals surface area contributed by atoms with Crippen molar-refractivity contribution >= 4 is 15.9 Å². The van der Waals surface area contributed by atoms with Gasteiger partial charge in [-0.05, 0) is 49.4 Å². The van der Waals surface area contributed by atoms with Crippen molar-refractivity contribution in [3.05, 3.63) is 29.3 Å². The maximum absolute atomic E-state index is 12.6. The van der Waals surface area contributed by atoms with Crippen LogP contribution in [0.15, 0.2) is 28.3 Å². The van der Waals surface area contributed by atoms with Gasteiger partial charge in [-0.15, -0.1) is 0 Å². The Balaban J connectivity index is 2.25. The fraction of sp³-hybridized carbons (Fsp3) is 0.500. The Morgan fingerprint density at radius 3 is 2.76 bits per heavy atom. The second-order valence-corrected chi connectivity index (χ2v) is 7.45. The van der Waals surface area contributed by atoms with Gasteiger partial charge in [-0.2, -0.15) is 4.31 Å². The van der Waals surface area contributed by atoms with Gasteiger partial charge in [0.05, 0.1) is 4.90 Å². The van der Waals surface area contributed by atoms with Gasteiger partial charge in [0.1, 0.15) is 5.84 Å². The highest BCUT2D eigenvalue weighted by Crippen LogP contribution is 2.26. The SMILES string of the molecule is CC(CC(N)=NO)N(C)S(=O)(=O)c1ccc2c(c1)CCC2. The van der Waals surface area contributed by atoms with Crippen molar-refractivity contribution in [2.24, 2.45) is 10.9 Å². The number of benzene rings is 1. The summed E-state index contributed by atoms with van der Waals surface area (Å²) in [7, 11) is -2.06. The van der Waals surface area contributed by atoms with Crippen LogP contribution in [0, 0.1) is 0 Å². The van der Waals surface area contributed by atoms with E-state index in [0.29, 0.717) is 4.90 Å². The molecule has 0 aliphatic heterocycles. The van der Waals surface area contributed by atoms with Crippen LogP contribution >= 0.6 is 0 Å². The molecule has 0 saturated heterocycles. The molecule has 0 saturated carbocycles. The second kappa shape index (κ2) is 6.03. The van der Waals surface area contributed by atoms with E-state index >= 15 is 0 Å². The Bertz CT molecular complexity index is 655. The van der Waals surface area contributed by atoms with Crippen LogP contribution in [0.25, 0.3) is 0 Å². The van der Waals surface area contributed by atoms with E-state index < -0.39 is 10.0 Å². The first-order valence-corrected chi connectivity index (χ1v) is 8.36. The number of aryl methyl sites for hydroxylation is 2. The summed E-state index contributed by atoms with van der Waals surface area (Å²) in [4.78, 5) is 0.303. The molecular formula is C14H21N3O3S. The number of fused-ring (bicyclic) bond motifs is 1. The van der Waals surface area contributed by atoms with Crippen LogP contribution in [0.3, 0.4) is 0 Å². The summed E-state index contributed by atoms with van der Waals surface area (Å²) in [5.74, 6) is 0.0125. The maximum Gasteiger partial charge on any atom is 0.243 e. The van der Waals surface area contributed by atoms with Gasteiger partial charge in [-0.25, -0.2) is 8.42 Å². The first kappa shape index (κ1) is 15.8. The van der Waals surface area contributed by atoms with E-state index in [4.69, 9.17) is 10.9 Å². The molecule has 1 aliphatic rings. The summed E-state index contributed by atoms with van der Waals surface area (Å²) in [6, 6.07) is 4.94. The zero-order valence-corrected chi connectivity index (χ0v) is 13.1. The number of sulfonamides is 1. The maximum atomic E-state index is 12.6. The van der Waals surface area contributed by atoms with Crippen LogP contribution in [-0.2, 0) is 22.9 Å². The van der Waals surface area contributed by atoms with Crippen molar-refractivity contribution in [3.8, 4) is 0 Å². The van der Waals surface area contributed by atoms with Gasteiger partial charge >= 0.3 is 0 Å². The Morgan fingerprint density at radius 2 is 2.10 bits per heavy atom. The van der Waals surface area contributed by atoms with Crippen molar-refractivity contribution < 1.29 is 13.6 Å². The summed E-state index contributed by atoms with van der Waals surface area (Å²) in [5, 5.41) is 11.5. The Hall–Kier alpha value is -1.60. The van der Waals surface area contributed by atoms with Crippen molar-refractivity contribution in [1.29, 1.82) is 0 Å². The highest BCUT2D eigenvalue weighted by Gasteiger charge is 2.27. The minimum Gasteiger partial charge on any atom is -0.409 e. The molecule has 0 heterocycles. The van der Waals surface area contributed by atoms with E-state index in [1.165, 1.54) is 16.9 Å². The van der Waals surface area contributed by atoms with Crippen LogP contribution < -0.4 is 5.73 Å². The van der Waals surface area contributed by atoms with Gasteiger partial charge in [0, 0.05) is 19.5 Å². The highest BCUT2D eigenvalue weighted by atomic mass is 32.2. The van der Waals surface area contributed by atoms with Crippen LogP contribution in [0.5, 0.6) is 0 Å². The largest absolute Gasteiger partial charge is 0.409 e.